The van der Waals surface area contributed by atoms with Crippen molar-refractivity contribution in [2.45, 2.75) is 19.4 Å². The molecular weight excluding hydrogens is 257 g/mol. The van der Waals surface area contributed by atoms with Gasteiger partial charge >= 0.3 is 6.09 Å². The quantitative estimate of drug-likeness (QED) is 0.922. The summed E-state index contributed by atoms with van der Waals surface area (Å²) in [5.74, 6) is 0.163. The smallest absolute Gasteiger partial charge is 0.410 e. The topological polar surface area (TPSA) is 38.3 Å². The molecule has 0 atom stereocenters. The number of halogens is 1. The molecule has 0 aliphatic rings. The third kappa shape index (κ3) is 3.57. The van der Waals surface area contributed by atoms with E-state index in [9.17, 15) is 9.18 Å². The molecule has 0 aliphatic heterocycles. The molecule has 4 heteroatoms. The predicted octanol–water partition coefficient (Wildman–Crippen LogP) is 3.85. The zero-order valence-electron chi connectivity index (χ0n) is 11.4. The normalized spacial score (nSPS) is 10.9. The van der Waals surface area contributed by atoms with E-state index in [1.54, 1.807) is 36.4 Å². The maximum absolute atomic E-state index is 12.9. The van der Waals surface area contributed by atoms with Crippen LogP contribution in [0.4, 0.5) is 9.18 Å². The van der Waals surface area contributed by atoms with Crippen molar-refractivity contribution in [3.05, 3.63) is 66.0 Å². The minimum Gasteiger partial charge on any atom is -0.410 e. The van der Waals surface area contributed by atoms with Crippen molar-refractivity contribution in [1.29, 1.82) is 0 Å². The Morgan fingerprint density at radius 2 is 1.65 bits per heavy atom. The molecule has 3 nitrogen and oxygen atoms in total. The van der Waals surface area contributed by atoms with Crippen molar-refractivity contribution in [1.82, 2.24) is 5.32 Å². The Morgan fingerprint density at radius 1 is 1.05 bits per heavy atom. The van der Waals surface area contributed by atoms with Gasteiger partial charge in [0.05, 0.1) is 5.54 Å². The van der Waals surface area contributed by atoms with Crippen LogP contribution < -0.4 is 10.1 Å². The van der Waals surface area contributed by atoms with E-state index in [-0.39, 0.29) is 5.82 Å². The van der Waals surface area contributed by atoms with Crippen LogP contribution in [0.2, 0.25) is 0 Å². The Labute approximate surface area is 117 Å². The van der Waals surface area contributed by atoms with Gasteiger partial charge in [0.1, 0.15) is 11.6 Å². The number of amides is 1. The second-order valence-corrected chi connectivity index (χ2v) is 4.96. The molecule has 0 saturated heterocycles. The van der Waals surface area contributed by atoms with Crippen molar-refractivity contribution in [2.75, 3.05) is 0 Å². The van der Waals surface area contributed by atoms with Crippen molar-refractivity contribution in [2.24, 2.45) is 0 Å². The highest BCUT2D eigenvalue weighted by Crippen LogP contribution is 2.20. The average Bonchev–Trinajstić information content (AvgIpc) is 2.39. The van der Waals surface area contributed by atoms with Crippen molar-refractivity contribution < 1.29 is 13.9 Å². The van der Waals surface area contributed by atoms with Crippen LogP contribution in [-0.2, 0) is 5.54 Å². The van der Waals surface area contributed by atoms with Crippen LogP contribution >= 0.6 is 0 Å². The van der Waals surface area contributed by atoms with E-state index in [0.29, 0.717) is 5.75 Å². The van der Waals surface area contributed by atoms with E-state index in [1.807, 2.05) is 19.9 Å². The van der Waals surface area contributed by atoms with Crippen molar-refractivity contribution in [3.63, 3.8) is 0 Å². The van der Waals surface area contributed by atoms with Gasteiger partial charge in [-0.1, -0.05) is 30.3 Å². The highest BCUT2D eigenvalue weighted by molar-refractivity contribution is 5.71. The highest BCUT2D eigenvalue weighted by Gasteiger charge is 2.23. The van der Waals surface area contributed by atoms with Gasteiger partial charge in [-0.3, -0.25) is 0 Å². The number of rotatable bonds is 3. The first-order chi connectivity index (χ1) is 9.47. The van der Waals surface area contributed by atoms with Gasteiger partial charge in [0.25, 0.3) is 0 Å². The lowest BCUT2D eigenvalue weighted by molar-refractivity contribution is 0.188. The average molecular weight is 273 g/mol. The lowest BCUT2D eigenvalue weighted by Crippen LogP contribution is -2.42. The molecule has 0 aliphatic carbocycles. The molecule has 1 amide bonds. The van der Waals surface area contributed by atoms with Crippen molar-refractivity contribution >= 4 is 6.09 Å². The Bertz CT molecular complexity index is 579. The van der Waals surface area contributed by atoms with E-state index >= 15 is 0 Å². The summed E-state index contributed by atoms with van der Waals surface area (Å²) in [6, 6.07) is 14.8. The van der Waals surface area contributed by atoms with E-state index in [1.165, 1.54) is 12.1 Å². The summed E-state index contributed by atoms with van der Waals surface area (Å²) < 4.78 is 18.1. The summed E-state index contributed by atoms with van der Waals surface area (Å²) in [5, 5.41) is 2.76. The van der Waals surface area contributed by atoms with Crippen LogP contribution in [-0.4, -0.2) is 6.09 Å². The largest absolute Gasteiger partial charge is 0.413 e. The Kier molecular flexibility index (Phi) is 4.03. The van der Waals surface area contributed by atoms with Gasteiger partial charge in [-0.15, -0.1) is 0 Å². The van der Waals surface area contributed by atoms with Gasteiger partial charge in [-0.25, -0.2) is 9.18 Å². The number of hydrogen-bond acceptors (Lipinski definition) is 2. The molecule has 104 valence electrons. The van der Waals surface area contributed by atoms with Gasteiger partial charge in [0.15, 0.2) is 0 Å². The van der Waals surface area contributed by atoms with Crippen LogP contribution in [0.1, 0.15) is 19.4 Å². The maximum Gasteiger partial charge on any atom is 0.413 e. The number of carbonyl (C=O) groups excluding carboxylic acids is 1. The predicted molar refractivity (Wildman–Crippen MR) is 75.0 cm³/mol. The number of benzene rings is 2. The van der Waals surface area contributed by atoms with Gasteiger partial charge < -0.3 is 10.1 Å². The van der Waals surface area contributed by atoms with Crippen LogP contribution in [0.3, 0.4) is 0 Å². The molecule has 2 aromatic carbocycles. The Morgan fingerprint density at radius 3 is 2.25 bits per heavy atom. The third-order valence-corrected chi connectivity index (χ3v) is 2.93. The van der Waals surface area contributed by atoms with E-state index < -0.39 is 11.6 Å². The molecule has 0 unspecified atom stereocenters. The van der Waals surface area contributed by atoms with Crippen LogP contribution in [0.25, 0.3) is 0 Å². The van der Waals surface area contributed by atoms with E-state index in [0.717, 1.165) is 5.56 Å². The molecule has 0 saturated carbocycles. The van der Waals surface area contributed by atoms with Crippen molar-refractivity contribution in [3.8, 4) is 5.75 Å². The SMILES string of the molecule is CC(C)(NC(=O)Oc1ccccc1)c1ccc(F)cc1. The summed E-state index contributed by atoms with van der Waals surface area (Å²) in [7, 11) is 0. The lowest BCUT2D eigenvalue weighted by Gasteiger charge is -2.26. The molecule has 2 rings (SSSR count). The van der Waals surface area contributed by atoms with Gasteiger partial charge in [0, 0.05) is 0 Å². The molecule has 0 spiro atoms. The maximum atomic E-state index is 12.9. The standard InChI is InChI=1S/C16H16FNO2/c1-16(2,12-8-10-13(17)11-9-12)18-15(19)20-14-6-4-3-5-7-14/h3-11H,1-2H3,(H,18,19). The van der Waals surface area contributed by atoms with E-state index in [2.05, 4.69) is 5.32 Å². The number of ether oxygens (including phenoxy) is 1. The molecule has 0 heterocycles. The second kappa shape index (κ2) is 5.74. The first-order valence-corrected chi connectivity index (χ1v) is 6.28. The highest BCUT2D eigenvalue weighted by atomic mass is 19.1. The lowest BCUT2D eigenvalue weighted by atomic mass is 9.94. The summed E-state index contributed by atoms with van der Waals surface area (Å²) in [5.41, 5.74) is 0.142. The second-order valence-electron chi connectivity index (χ2n) is 4.96. The zero-order valence-corrected chi connectivity index (χ0v) is 11.4. The summed E-state index contributed by atoms with van der Waals surface area (Å²) in [6.07, 6.45) is -0.550. The monoisotopic (exact) mass is 273 g/mol. The molecule has 0 radical (unpaired) electrons. The fraction of sp³-hybridized carbons (Fsp3) is 0.188. The molecule has 2 aromatic rings. The summed E-state index contributed by atoms with van der Waals surface area (Å²) in [6.45, 7) is 3.65. The molecule has 0 aromatic heterocycles. The molecule has 20 heavy (non-hydrogen) atoms. The summed E-state index contributed by atoms with van der Waals surface area (Å²) >= 11 is 0. The number of hydrogen-bond donors (Lipinski definition) is 1. The van der Waals surface area contributed by atoms with Gasteiger partial charge in [-0.05, 0) is 43.7 Å². The number of carbonyl (C=O) groups is 1. The fourth-order valence-corrected chi connectivity index (χ4v) is 1.81. The van der Waals surface area contributed by atoms with Gasteiger partial charge in [-0.2, -0.15) is 0 Å². The third-order valence-electron chi connectivity index (χ3n) is 2.93. The minimum atomic E-state index is -0.653. The first-order valence-electron chi connectivity index (χ1n) is 6.28. The Balaban J connectivity index is 2.04. The zero-order chi connectivity index (χ0) is 14.6. The van der Waals surface area contributed by atoms with Crippen LogP contribution in [0.15, 0.2) is 54.6 Å². The first kappa shape index (κ1) is 14.1. The van der Waals surface area contributed by atoms with Gasteiger partial charge in [0.2, 0.25) is 0 Å². The fourth-order valence-electron chi connectivity index (χ4n) is 1.81. The van der Waals surface area contributed by atoms with E-state index in [4.69, 9.17) is 4.74 Å². The molecule has 0 bridgehead atoms. The number of para-hydroxylation sites is 1. The van der Waals surface area contributed by atoms with Crippen LogP contribution in [0, 0.1) is 5.82 Å². The molecular formula is C16H16FNO2. The minimum absolute atomic E-state index is 0.309. The summed E-state index contributed by atoms with van der Waals surface area (Å²) in [4.78, 5) is 11.9. The molecule has 1 N–H and O–H groups in total. The molecule has 0 fully saturated rings. The Hall–Kier alpha value is -2.36. The van der Waals surface area contributed by atoms with Crippen LogP contribution in [0.5, 0.6) is 5.75 Å². The number of nitrogens with one attached hydrogen (secondary N) is 1.